The van der Waals surface area contributed by atoms with Crippen LogP contribution in [0.15, 0.2) is 0 Å². The highest BCUT2D eigenvalue weighted by Gasteiger charge is 2.87. The van der Waals surface area contributed by atoms with Crippen molar-refractivity contribution in [3.8, 4) is 0 Å². The Kier molecular flexibility index (Phi) is 22.2. The highest BCUT2D eigenvalue weighted by atomic mass is 35.5. The molecule has 0 radical (unpaired) electrons. The molecule has 4 spiro atoms. The van der Waals surface area contributed by atoms with Crippen molar-refractivity contribution in [3.05, 3.63) is 0 Å². The summed E-state index contributed by atoms with van der Waals surface area (Å²) < 4.78 is 49.6. The van der Waals surface area contributed by atoms with Crippen molar-refractivity contribution in [2.45, 2.75) is 337 Å². The molecule has 0 aromatic rings. The second-order valence-corrected chi connectivity index (χ2v) is 39.6. The Morgan fingerprint density at radius 2 is 1.01 bits per heavy atom. The third kappa shape index (κ3) is 13.2. The largest absolute Gasteiger partial charge is 0.457 e. The summed E-state index contributed by atoms with van der Waals surface area (Å²) in [5.41, 5.74) is 0.991. The van der Waals surface area contributed by atoms with Crippen LogP contribution >= 0.6 is 12.4 Å². The molecule has 13 rings (SSSR count). The number of aliphatic hydroxyl groups is 6. The zero-order chi connectivity index (χ0) is 73.9. The van der Waals surface area contributed by atoms with E-state index in [0.29, 0.717) is 75.3 Å². The fourth-order valence-electron chi connectivity index (χ4n) is 27.2. The van der Waals surface area contributed by atoms with E-state index in [0.717, 1.165) is 70.8 Å². The van der Waals surface area contributed by atoms with Crippen LogP contribution in [0.2, 0.25) is 0 Å². The van der Waals surface area contributed by atoms with Crippen molar-refractivity contribution >= 4 is 36.9 Å². The molecule has 3 aliphatic heterocycles. The van der Waals surface area contributed by atoms with E-state index in [-0.39, 0.29) is 128 Å². The van der Waals surface area contributed by atoms with E-state index in [2.05, 4.69) is 74.1 Å². The van der Waals surface area contributed by atoms with Gasteiger partial charge in [0.05, 0.1) is 77.8 Å². The van der Waals surface area contributed by atoms with E-state index in [4.69, 9.17) is 48.7 Å². The molecule has 580 valence electrons. The summed E-state index contributed by atoms with van der Waals surface area (Å²) in [6.45, 7) is 43.0. The molecule has 20 nitrogen and oxygen atoms in total. The number of carbonyl (C=O) groups excluding carboxylic acids is 4. The maximum absolute atomic E-state index is 12.6. The number of rotatable bonds is 17. The minimum atomic E-state index is -1.28. The first kappa shape index (κ1) is 81.5. The van der Waals surface area contributed by atoms with Crippen LogP contribution in [0, 0.1) is 101 Å². The number of hydrogen-bond acceptors (Lipinski definition) is 20. The molecule has 0 aromatic carbocycles. The standard InChI is InChI=1S/C40H67NO8.C36H56O9.C4H11NO.ClH/c1-23-19-25(33(36(7,8)45)47-24(2)42)48-31-30(23)37(9)15-16-40-21-39(40)14-13-28(49-29-20-41(17-18-46-29)22-34(3,4)44)35(5,6)26(39)11-12-27(40)38(37,10)32(31)43;1-20-17-22(30(32(5,6)41)43-21(2)39)44-28-27(20)33(7)13-14-36-19-35(36)12-11-25(45-26(18-38)42-16-15-37)31(3,4)23(35)9-10-24(36)34(33,8)29(28)40;1-4(2,6)3-5;/h23,25-33,43-45H,11-22H2,1-10H3;15,18,20,22-30,40-41H,9-14,16-17,19H2,1-8H3;6H,3,5H2,1-2H3;1H/t23-,25-,26+,27+,28+,29+,30?,31+,32+,33+,37-,38-,39-,40+;20-,22-,23+,24+,25+,26+,27?,28+,29+,30+,33-,34-,35-,36+;;/m11../s1. The number of morpholine rings is 1. The lowest BCUT2D eigenvalue weighted by molar-refractivity contribution is -0.250. The number of carbonyl (C=O) groups is 4. The lowest BCUT2D eigenvalue weighted by Gasteiger charge is -2.64. The van der Waals surface area contributed by atoms with Crippen LogP contribution in [0.1, 0.15) is 241 Å². The van der Waals surface area contributed by atoms with Crippen LogP contribution in [-0.2, 0) is 57.1 Å². The quantitative estimate of drug-likeness (QED) is 0.0405. The molecule has 3 heterocycles. The van der Waals surface area contributed by atoms with Gasteiger partial charge in [0.2, 0.25) is 6.29 Å². The highest BCUT2D eigenvalue weighted by Crippen LogP contribution is 2.91. The third-order valence-corrected chi connectivity index (χ3v) is 31.5. The van der Waals surface area contributed by atoms with Gasteiger partial charge in [-0.15, -0.1) is 12.4 Å². The lowest BCUT2D eigenvalue weighted by atomic mass is 9.41. The average Bonchev–Trinajstić information content (AvgIpc) is 1.47. The molecule has 10 aliphatic carbocycles. The molecule has 8 N–H and O–H groups in total. The molecule has 28 atom stereocenters. The molecular weight excluding hydrogens is 1310 g/mol. The number of ether oxygens (including phenoxy) is 8. The van der Waals surface area contributed by atoms with Crippen molar-refractivity contribution in [1.82, 2.24) is 4.90 Å². The molecule has 3 saturated heterocycles. The first-order valence-corrected chi connectivity index (χ1v) is 38.9. The summed E-state index contributed by atoms with van der Waals surface area (Å²) in [5.74, 6) is 1.78. The van der Waals surface area contributed by atoms with Gasteiger partial charge in [-0.3, -0.25) is 19.3 Å². The Labute approximate surface area is 610 Å². The predicted octanol–water partition coefficient (Wildman–Crippen LogP) is 10.1. The van der Waals surface area contributed by atoms with Crippen molar-refractivity contribution in [2.24, 2.45) is 107 Å². The van der Waals surface area contributed by atoms with Gasteiger partial charge < -0.3 is 79.1 Å². The Bertz CT molecular complexity index is 3000. The predicted molar refractivity (Wildman–Crippen MR) is 383 cm³/mol. The van der Waals surface area contributed by atoms with Gasteiger partial charge in [0.15, 0.2) is 24.8 Å². The van der Waals surface area contributed by atoms with Gasteiger partial charge in [-0.25, -0.2) is 0 Å². The van der Waals surface area contributed by atoms with Gasteiger partial charge in [-0.1, -0.05) is 69.2 Å². The molecular formula is C80H135ClN2O18. The van der Waals surface area contributed by atoms with Crippen molar-refractivity contribution in [3.63, 3.8) is 0 Å². The van der Waals surface area contributed by atoms with Crippen LogP contribution < -0.4 is 5.73 Å². The van der Waals surface area contributed by atoms with Gasteiger partial charge in [0.1, 0.15) is 12.9 Å². The van der Waals surface area contributed by atoms with Crippen molar-refractivity contribution in [2.75, 3.05) is 39.4 Å². The number of fused-ring (bicyclic) bond motifs is 8. The van der Waals surface area contributed by atoms with Gasteiger partial charge in [0.25, 0.3) is 0 Å². The molecule has 0 amide bonds. The van der Waals surface area contributed by atoms with Crippen molar-refractivity contribution < 1.29 is 87.7 Å². The minimum absolute atomic E-state index is 0. The summed E-state index contributed by atoms with van der Waals surface area (Å²) in [7, 11) is 0. The van der Waals surface area contributed by atoms with E-state index >= 15 is 0 Å². The third-order valence-electron chi connectivity index (χ3n) is 31.5. The molecule has 21 heteroatoms. The maximum Gasteiger partial charge on any atom is 0.303 e. The van der Waals surface area contributed by atoms with E-state index in [1.54, 1.807) is 41.5 Å². The highest BCUT2D eigenvalue weighted by molar-refractivity contribution is 5.85. The summed E-state index contributed by atoms with van der Waals surface area (Å²) in [6.07, 6.45) is 12.1. The Hall–Kier alpha value is -1.99. The van der Waals surface area contributed by atoms with Crippen LogP contribution in [0.25, 0.3) is 0 Å². The molecule has 101 heavy (non-hydrogen) atoms. The summed E-state index contributed by atoms with van der Waals surface area (Å²) in [5, 5.41) is 66.2. The number of halogens is 1. The molecule has 0 aromatic heterocycles. The van der Waals surface area contributed by atoms with Crippen molar-refractivity contribution in [1.29, 1.82) is 0 Å². The average molecular weight is 1450 g/mol. The Morgan fingerprint density at radius 1 is 0.604 bits per heavy atom. The Balaban J connectivity index is 0.000000200. The van der Waals surface area contributed by atoms with Crippen LogP contribution in [0.4, 0.5) is 0 Å². The van der Waals surface area contributed by atoms with Gasteiger partial charge >= 0.3 is 11.9 Å². The summed E-state index contributed by atoms with van der Waals surface area (Å²) in [4.78, 5) is 48.9. The first-order valence-electron chi connectivity index (χ1n) is 38.9. The SMILES string of the molecule is CC(=O)O[C@@H]([C@H]1C[C@@H](C)C2[C@H](O1)[C@H](O)[C@@]1(C)[C@@H]3CC[C@H]4C(C)(C)[C@@H](O[C@@H](C=O)OCC=O)CC[C@@]45C[C@@]35CC[C@]21C)C(C)(C)O.CC(=O)O[C@@H]([C@H]1C[C@@H](C)C2[C@H](O1)[C@H](O)[C@@]1(C)[C@@H]3CC[C@H]4C(C)(C)[C@@H](O[C@H]5CN(CC(C)(C)O)CCO5)CC[C@@]45C[C@@]35CC[C@]21C)C(C)(C)O.CC(C)(O)CN.Cl. The van der Waals surface area contributed by atoms with Crippen LogP contribution in [0.5, 0.6) is 0 Å². The summed E-state index contributed by atoms with van der Waals surface area (Å²) >= 11 is 0. The number of esters is 2. The van der Waals surface area contributed by atoms with Gasteiger partial charge in [-0.2, -0.15) is 0 Å². The second kappa shape index (κ2) is 27.5. The first-order chi connectivity index (χ1) is 46.1. The number of aliphatic hydroxyl groups excluding tert-OH is 2. The van der Waals surface area contributed by atoms with Crippen LogP contribution in [0.3, 0.4) is 0 Å². The zero-order valence-electron chi connectivity index (χ0n) is 65.3. The van der Waals surface area contributed by atoms with E-state index in [9.17, 15) is 44.7 Å². The number of nitrogens with two attached hydrogens (primary N) is 1. The van der Waals surface area contributed by atoms with Gasteiger partial charge in [-0.05, 0) is 249 Å². The normalized spacial score (nSPS) is 46.8. The van der Waals surface area contributed by atoms with E-state index < -0.39 is 77.3 Å². The smallest absolute Gasteiger partial charge is 0.303 e. The molecule has 10 saturated carbocycles. The number of β-amino-alcohol motifs (C(OH)–C–C–N with tert-alkyl or cyclic N) is 1. The monoisotopic (exact) mass is 1450 g/mol. The number of hydrogen-bond donors (Lipinski definition) is 7. The van der Waals surface area contributed by atoms with E-state index in [1.807, 2.05) is 13.8 Å². The number of nitrogens with zero attached hydrogens (tertiary/aromatic N) is 1. The zero-order valence-corrected chi connectivity index (χ0v) is 66.1. The molecule has 0 bridgehead atoms. The van der Waals surface area contributed by atoms with Gasteiger partial charge in [0, 0.05) is 50.9 Å². The van der Waals surface area contributed by atoms with E-state index in [1.165, 1.54) is 39.5 Å². The molecule has 13 fully saturated rings. The minimum Gasteiger partial charge on any atom is -0.457 e. The Morgan fingerprint density at radius 3 is 1.40 bits per heavy atom. The fraction of sp³-hybridized carbons (Fsp3) is 0.950. The number of aldehydes is 2. The maximum atomic E-state index is 12.6. The summed E-state index contributed by atoms with van der Waals surface area (Å²) in [6, 6.07) is 0. The second-order valence-electron chi connectivity index (χ2n) is 39.6. The topological polar surface area (TPSA) is 293 Å². The fourth-order valence-corrected chi connectivity index (χ4v) is 27.2. The lowest BCUT2D eigenvalue weighted by Crippen LogP contribution is -2.60. The van der Waals surface area contributed by atoms with Crippen LogP contribution in [-0.4, -0.2) is 195 Å². The molecule has 2 unspecified atom stereocenters. The molecule has 13 aliphatic rings.